The normalized spacial score (nSPS) is 16.7. The SMILES string of the molecule is Cc1ccc(-c2ncc3c(n2)CC(C)(C)CC3=O)c(C)c1. The molecule has 1 aromatic heterocycles. The molecule has 108 valence electrons. The van der Waals surface area contributed by atoms with E-state index in [1.807, 2.05) is 0 Å². The number of nitrogens with zero attached hydrogens (tertiary/aromatic N) is 2. The maximum Gasteiger partial charge on any atom is 0.166 e. The smallest absolute Gasteiger partial charge is 0.166 e. The maximum absolute atomic E-state index is 12.2. The fourth-order valence-corrected chi connectivity index (χ4v) is 3.02. The number of aromatic nitrogens is 2. The van der Waals surface area contributed by atoms with E-state index in [1.165, 1.54) is 5.56 Å². The zero-order valence-electron chi connectivity index (χ0n) is 13.0. The van der Waals surface area contributed by atoms with Gasteiger partial charge in [0.2, 0.25) is 0 Å². The van der Waals surface area contributed by atoms with E-state index in [1.54, 1.807) is 6.20 Å². The van der Waals surface area contributed by atoms with Gasteiger partial charge in [0.25, 0.3) is 0 Å². The van der Waals surface area contributed by atoms with E-state index in [9.17, 15) is 4.79 Å². The van der Waals surface area contributed by atoms with Gasteiger partial charge in [0, 0.05) is 18.2 Å². The largest absolute Gasteiger partial charge is 0.294 e. The quantitative estimate of drug-likeness (QED) is 0.795. The van der Waals surface area contributed by atoms with Gasteiger partial charge in [-0.25, -0.2) is 9.97 Å². The number of benzene rings is 1. The van der Waals surface area contributed by atoms with Crippen molar-refractivity contribution in [3.63, 3.8) is 0 Å². The molecule has 3 nitrogen and oxygen atoms in total. The molecule has 0 amide bonds. The Morgan fingerprint density at radius 3 is 2.57 bits per heavy atom. The van der Waals surface area contributed by atoms with Crippen molar-refractivity contribution in [3.05, 3.63) is 46.8 Å². The molecule has 1 aromatic carbocycles. The van der Waals surface area contributed by atoms with E-state index < -0.39 is 0 Å². The fraction of sp³-hybridized carbons (Fsp3) is 0.389. The van der Waals surface area contributed by atoms with Gasteiger partial charge in [0.1, 0.15) is 0 Å². The van der Waals surface area contributed by atoms with Gasteiger partial charge in [-0.2, -0.15) is 0 Å². The molecular formula is C18H20N2O. The molecule has 0 aliphatic heterocycles. The second kappa shape index (κ2) is 4.76. The monoisotopic (exact) mass is 280 g/mol. The van der Waals surface area contributed by atoms with Gasteiger partial charge in [0.15, 0.2) is 11.6 Å². The van der Waals surface area contributed by atoms with Crippen molar-refractivity contribution in [2.75, 3.05) is 0 Å². The number of carbonyl (C=O) groups is 1. The van der Waals surface area contributed by atoms with Crippen LogP contribution >= 0.6 is 0 Å². The van der Waals surface area contributed by atoms with Crippen LogP contribution in [0.1, 0.15) is 47.4 Å². The predicted molar refractivity (Wildman–Crippen MR) is 83.4 cm³/mol. The van der Waals surface area contributed by atoms with Crippen LogP contribution in [0.2, 0.25) is 0 Å². The third-order valence-corrected chi connectivity index (χ3v) is 4.08. The molecule has 2 aromatic rings. The van der Waals surface area contributed by atoms with E-state index in [2.05, 4.69) is 55.9 Å². The van der Waals surface area contributed by atoms with Gasteiger partial charge in [-0.15, -0.1) is 0 Å². The van der Waals surface area contributed by atoms with Crippen LogP contribution < -0.4 is 0 Å². The van der Waals surface area contributed by atoms with Crippen LogP contribution in [0.4, 0.5) is 0 Å². The summed E-state index contributed by atoms with van der Waals surface area (Å²) in [7, 11) is 0. The Balaban J connectivity index is 2.09. The Kier molecular flexibility index (Phi) is 3.16. The molecule has 3 heteroatoms. The van der Waals surface area contributed by atoms with E-state index in [0.29, 0.717) is 12.0 Å². The molecule has 1 heterocycles. The molecule has 21 heavy (non-hydrogen) atoms. The molecular weight excluding hydrogens is 260 g/mol. The van der Waals surface area contributed by atoms with Gasteiger partial charge in [-0.3, -0.25) is 4.79 Å². The first-order chi connectivity index (χ1) is 9.85. The molecule has 0 fully saturated rings. The lowest BCUT2D eigenvalue weighted by Gasteiger charge is -2.29. The summed E-state index contributed by atoms with van der Waals surface area (Å²) in [4.78, 5) is 21.3. The van der Waals surface area contributed by atoms with Crippen molar-refractivity contribution in [1.82, 2.24) is 9.97 Å². The summed E-state index contributed by atoms with van der Waals surface area (Å²) in [6.45, 7) is 8.38. The van der Waals surface area contributed by atoms with Gasteiger partial charge >= 0.3 is 0 Å². The highest BCUT2D eigenvalue weighted by atomic mass is 16.1. The van der Waals surface area contributed by atoms with E-state index in [-0.39, 0.29) is 11.2 Å². The van der Waals surface area contributed by atoms with E-state index >= 15 is 0 Å². The van der Waals surface area contributed by atoms with Crippen LogP contribution in [0.25, 0.3) is 11.4 Å². The molecule has 0 unspecified atom stereocenters. The van der Waals surface area contributed by atoms with Crippen molar-refractivity contribution in [1.29, 1.82) is 0 Å². The standard InChI is InChI=1S/C18H20N2O/c1-11-5-6-13(12(2)7-11)17-19-10-14-15(20-17)8-18(3,4)9-16(14)21/h5-7,10H,8-9H2,1-4H3. The number of rotatable bonds is 1. The van der Waals surface area contributed by atoms with Crippen LogP contribution in [-0.4, -0.2) is 15.8 Å². The van der Waals surface area contributed by atoms with Crippen molar-refractivity contribution in [3.8, 4) is 11.4 Å². The molecule has 0 N–H and O–H groups in total. The highest BCUT2D eigenvalue weighted by Gasteiger charge is 2.32. The highest BCUT2D eigenvalue weighted by molar-refractivity contribution is 5.98. The highest BCUT2D eigenvalue weighted by Crippen LogP contribution is 2.34. The zero-order chi connectivity index (χ0) is 15.2. The maximum atomic E-state index is 12.2. The number of Topliss-reactive ketones (excluding diaryl/α,β-unsaturated/α-hetero) is 1. The summed E-state index contributed by atoms with van der Waals surface area (Å²) < 4.78 is 0. The molecule has 0 radical (unpaired) electrons. The third-order valence-electron chi connectivity index (χ3n) is 4.08. The van der Waals surface area contributed by atoms with Crippen LogP contribution in [-0.2, 0) is 6.42 Å². The Morgan fingerprint density at radius 1 is 1.10 bits per heavy atom. The number of hydrogen-bond acceptors (Lipinski definition) is 3. The lowest BCUT2D eigenvalue weighted by molar-refractivity contribution is 0.0910. The number of carbonyl (C=O) groups excluding carboxylic acids is 1. The minimum Gasteiger partial charge on any atom is -0.294 e. The fourth-order valence-electron chi connectivity index (χ4n) is 3.02. The van der Waals surface area contributed by atoms with Gasteiger partial charge in [0.05, 0.1) is 11.3 Å². The Labute approximate surface area is 125 Å². The first kappa shape index (κ1) is 13.9. The molecule has 1 aliphatic carbocycles. The molecule has 0 saturated carbocycles. The van der Waals surface area contributed by atoms with Gasteiger partial charge in [-0.05, 0) is 31.2 Å². The topological polar surface area (TPSA) is 42.9 Å². The molecule has 3 rings (SSSR count). The van der Waals surface area contributed by atoms with Gasteiger partial charge < -0.3 is 0 Å². The van der Waals surface area contributed by atoms with Gasteiger partial charge in [-0.1, -0.05) is 37.6 Å². The molecule has 0 saturated heterocycles. The third kappa shape index (κ3) is 2.60. The number of fused-ring (bicyclic) bond motifs is 1. The van der Waals surface area contributed by atoms with Crippen molar-refractivity contribution in [2.45, 2.75) is 40.5 Å². The summed E-state index contributed by atoms with van der Waals surface area (Å²) >= 11 is 0. The summed E-state index contributed by atoms with van der Waals surface area (Å²) in [5.74, 6) is 0.880. The average molecular weight is 280 g/mol. The Morgan fingerprint density at radius 2 is 1.86 bits per heavy atom. The van der Waals surface area contributed by atoms with Crippen LogP contribution in [0.3, 0.4) is 0 Å². The van der Waals surface area contributed by atoms with Crippen molar-refractivity contribution >= 4 is 5.78 Å². The minimum atomic E-state index is -0.0158. The molecule has 0 bridgehead atoms. The minimum absolute atomic E-state index is 0.0158. The Bertz CT molecular complexity index is 732. The number of aryl methyl sites for hydroxylation is 2. The van der Waals surface area contributed by atoms with E-state index in [4.69, 9.17) is 0 Å². The van der Waals surface area contributed by atoms with E-state index in [0.717, 1.165) is 29.1 Å². The number of ketones is 1. The Hall–Kier alpha value is -2.03. The van der Waals surface area contributed by atoms with Crippen LogP contribution in [0, 0.1) is 19.3 Å². The van der Waals surface area contributed by atoms with Crippen molar-refractivity contribution < 1.29 is 4.79 Å². The average Bonchev–Trinajstić information content (AvgIpc) is 2.36. The van der Waals surface area contributed by atoms with Crippen molar-refractivity contribution in [2.24, 2.45) is 5.41 Å². The molecule has 1 aliphatic rings. The lowest BCUT2D eigenvalue weighted by atomic mass is 9.76. The molecule has 0 spiro atoms. The summed E-state index contributed by atoms with van der Waals surface area (Å²) in [6, 6.07) is 6.26. The second-order valence-electron chi connectivity index (χ2n) is 6.81. The lowest BCUT2D eigenvalue weighted by Crippen LogP contribution is -2.28. The predicted octanol–water partition coefficient (Wildman–Crippen LogP) is 3.92. The first-order valence-electron chi connectivity index (χ1n) is 7.32. The molecule has 0 atom stereocenters. The zero-order valence-corrected chi connectivity index (χ0v) is 13.0. The number of hydrogen-bond donors (Lipinski definition) is 0. The van der Waals surface area contributed by atoms with Crippen LogP contribution in [0.5, 0.6) is 0 Å². The summed E-state index contributed by atoms with van der Waals surface area (Å²) in [5.41, 5.74) is 5.00. The second-order valence-corrected chi connectivity index (χ2v) is 6.81. The van der Waals surface area contributed by atoms with Crippen LogP contribution in [0.15, 0.2) is 24.4 Å². The summed E-state index contributed by atoms with van der Waals surface area (Å²) in [6.07, 6.45) is 3.11. The summed E-state index contributed by atoms with van der Waals surface area (Å²) in [5, 5.41) is 0. The first-order valence-corrected chi connectivity index (χ1v) is 7.32.